The van der Waals surface area contributed by atoms with Gasteiger partial charge in [-0.3, -0.25) is 14.9 Å². The van der Waals surface area contributed by atoms with Gasteiger partial charge in [0.15, 0.2) is 5.78 Å². The minimum atomic E-state index is -0.522. The monoisotopic (exact) mass is 266 g/mol. The number of nitrogens with zero attached hydrogens (tertiary/aromatic N) is 2. The molecule has 1 aromatic rings. The molecule has 19 heavy (non-hydrogen) atoms. The van der Waals surface area contributed by atoms with Crippen LogP contribution in [0.3, 0.4) is 0 Å². The Kier molecular flexibility index (Phi) is 3.78. The van der Waals surface area contributed by atoms with Gasteiger partial charge in [-0.2, -0.15) is 0 Å². The van der Waals surface area contributed by atoms with Crippen molar-refractivity contribution in [2.24, 2.45) is 0 Å². The van der Waals surface area contributed by atoms with E-state index in [2.05, 4.69) is 0 Å². The lowest BCUT2D eigenvalue weighted by Gasteiger charge is -2.24. The normalized spacial score (nSPS) is 18.6. The number of nitro groups is 1. The van der Waals surface area contributed by atoms with Crippen LogP contribution in [0.15, 0.2) is 18.2 Å². The Morgan fingerprint density at radius 3 is 2.89 bits per heavy atom. The van der Waals surface area contributed by atoms with Gasteiger partial charge in [0, 0.05) is 18.2 Å². The van der Waals surface area contributed by atoms with Crippen molar-refractivity contribution in [3.63, 3.8) is 0 Å². The van der Waals surface area contributed by atoms with E-state index in [1.54, 1.807) is 17.0 Å². The predicted molar refractivity (Wildman–Crippen MR) is 69.4 cm³/mol. The molecule has 1 heterocycles. The Bertz CT molecular complexity index is 519. The number of nitro benzene ring substituents is 1. The Morgan fingerprint density at radius 2 is 2.32 bits per heavy atom. The fraction of sp³-hybridized carbons (Fsp3) is 0.462. The van der Waals surface area contributed by atoms with E-state index in [0.29, 0.717) is 24.2 Å². The van der Waals surface area contributed by atoms with Gasteiger partial charge in [-0.15, -0.1) is 0 Å². The lowest BCUT2D eigenvalue weighted by molar-refractivity contribution is -0.384. The van der Waals surface area contributed by atoms with Gasteiger partial charge in [-0.05, 0) is 31.9 Å². The first-order chi connectivity index (χ1) is 9.04. The molecule has 0 bridgehead atoms. The maximum Gasteiger partial charge on any atom is 0.293 e. The van der Waals surface area contributed by atoms with E-state index in [9.17, 15) is 19.3 Å². The molecule has 102 valence electrons. The third-order valence-electron chi connectivity index (χ3n) is 3.44. The van der Waals surface area contributed by atoms with Gasteiger partial charge in [0.2, 0.25) is 0 Å². The quantitative estimate of drug-likeness (QED) is 0.477. The second kappa shape index (κ2) is 5.34. The molecule has 1 aliphatic heterocycles. The highest BCUT2D eigenvalue weighted by Crippen LogP contribution is 2.34. The van der Waals surface area contributed by atoms with E-state index in [0.717, 1.165) is 6.42 Å². The molecule has 0 unspecified atom stereocenters. The van der Waals surface area contributed by atoms with Crippen LogP contribution in [0.25, 0.3) is 0 Å². The number of Topliss-reactive ketones (excluding diaryl/α,β-unsaturated/α-hetero) is 1. The fourth-order valence-electron chi connectivity index (χ4n) is 2.44. The van der Waals surface area contributed by atoms with Crippen LogP contribution in [0.5, 0.6) is 0 Å². The van der Waals surface area contributed by atoms with Crippen LogP contribution in [0.1, 0.15) is 30.1 Å². The summed E-state index contributed by atoms with van der Waals surface area (Å²) in [7, 11) is 0. The molecule has 5 nitrogen and oxygen atoms in total. The number of alkyl halides is 1. The summed E-state index contributed by atoms with van der Waals surface area (Å²) in [5, 5.41) is 11.1. The smallest absolute Gasteiger partial charge is 0.293 e. The molecule has 0 N–H and O–H groups in total. The van der Waals surface area contributed by atoms with Crippen LogP contribution in [-0.4, -0.2) is 30.0 Å². The molecule has 0 saturated carbocycles. The minimum absolute atomic E-state index is 0.131. The molecule has 1 fully saturated rings. The zero-order valence-corrected chi connectivity index (χ0v) is 10.6. The number of hydrogen-bond acceptors (Lipinski definition) is 4. The molecule has 1 saturated heterocycles. The lowest BCUT2D eigenvalue weighted by atomic mass is 10.1. The molecule has 0 aromatic heterocycles. The number of ketones is 1. The maximum absolute atomic E-state index is 12.9. The molecule has 1 aliphatic rings. The van der Waals surface area contributed by atoms with Gasteiger partial charge in [0.1, 0.15) is 12.4 Å². The largest absolute Gasteiger partial charge is 0.360 e. The van der Waals surface area contributed by atoms with Gasteiger partial charge < -0.3 is 4.90 Å². The molecule has 1 aromatic carbocycles. The van der Waals surface area contributed by atoms with E-state index >= 15 is 0 Å². The van der Waals surface area contributed by atoms with Crippen LogP contribution < -0.4 is 4.90 Å². The molecular formula is C13H15FN2O3. The third kappa shape index (κ3) is 2.57. The van der Waals surface area contributed by atoms with Gasteiger partial charge in [-0.25, -0.2) is 4.39 Å². The Morgan fingerprint density at radius 1 is 1.58 bits per heavy atom. The highest BCUT2D eigenvalue weighted by molar-refractivity contribution is 5.95. The third-order valence-corrected chi connectivity index (χ3v) is 3.44. The molecule has 2 rings (SSSR count). The number of rotatable bonds is 4. The standard InChI is InChI=1S/C13H15FN2O3/c1-9(17)10-4-5-12(13(7-10)16(18)19)15-6-2-3-11(15)8-14/h4-5,7,11H,2-3,6,8H2,1H3/t11-/m0/s1. The van der Waals surface area contributed by atoms with Crippen molar-refractivity contribution < 1.29 is 14.1 Å². The molecule has 1 atom stereocenters. The summed E-state index contributed by atoms with van der Waals surface area (Å²) in [6.45, 7) is 1.44. The number of hydrogen-bond donors (Lipinski definition) is 0. The lowest BCUT2D eigenvalue weighted by Crippen LogP contribution is -2.31. The van der Waals surface area contributed by atoms with Crippen molar-refractivity contribution in [2.45, 2.75) is 25.8 Å². The van der Waals surface area contributed by atoms with Crippen LogP contribution in [0.4, 0.5) is 15.8 Å². The Hall–Kier alpha value is -1.98. The number of carbonyl (C=O) groups excluding carboxylic acids is 1. The number of carbonyl (C=O) groups is 1. The van der Waals surface area contributed by atoms with Crippen molar-refractivity contribution in [3.8, 4) is 0 Å². The van der Waals surface area contributed by atoms with E-state index in [-0.39, 0.29) is 17.5 Å². The number of halogens is 1. The molecule has 6 heteroatoms. The second-order valence-electron chi connectivity index (χ2n) is 4.66. The van der Waals surface area contributed by atoms with Gasteiger partial charge >= 0.3 is 0 Å². The summed E-state index contributed by atoms with van der Waals surface area (Å²) >= 11 is 0. The van der Waals surface area contributed by atoms with Crippen LogP contribution in [0, 0.1) is 10.1 Å². The van der Waals surface area contributed by atoms with Crippen molar-refractivity contribution in [1.29, 1.82) is 0 Å². The topological polar surface area (TPSA) is 63.5 Å². The first kappa shape index (κ1) is 13.5. The van der Waals surface area contributed by atoms with E-state index in [1.165, 1.54) is 13.0 Å². The first-order valence-corrected chi connectivity index (χ1v) is 6.16. The van der Waals surface area contributed by atoms with Crippen molar-refractivity contribution >= 4 is 17.2 Å². The zero-order valence-electron chi connectivity index (χ0n) is 10.6. The summed E-state index contributed by atoms with van der Waals surface area (Å²) < 4.78 is 12.9. The van der Waals surface area contributed by atoms with Gasteiger partial charge in [-0.1, -0.05) is 0 Å². The first-order valence-electron chi connectivity index (χ1n) is 6.16. The SMILES string of the molecule is CC(=O)c1ccc(N2CCC[C@H]2CF)c([N+](=O)[O-])c1. The van der Waals surface area contributed by atoms with E-state index in [4.69, 9.17) is 0 Å². The zero-order chi connectivity index (χ0) is 14.0. The van der Waals surface area contributed by atoms with Gasteiger partial charge in [0.05, 0.1) is 11.0 Å². The predicted octanol–water partition coefficient (Wildman–Crippen LogP) is 2.74. The van der Waals surface area contributed by atoms with E-state index < -0.39 is 11.6 Å². The maximum atomic E-state index is 12.9. The Balaban J connectivity index is 2.45. The van der Waals surface area contributed by atoms with Crippen LogP contribution in [0.2, 0.25) is 0 Å². The van der Waals surface area contributed by atoms with Crippen molar-refractivity contribution in [2.75, 3.05) is 18.1 Å². The molecular weight excluding hydrogens is 251 g/mol. The average molecular weight is 266 g/mol. The second-order valence-corrected chi connectivity index (χ2v) is 4.66. The van der Waals surface area contributed by atoms with Crippen molar-refractivity contribution in [1.82, 2.24) is 0 Å². The van der Waals surface area contributed by atoms with Gasteiger partial charge in [0.25, 0.3) is 5.69 Å². The van der Waals surface area contributed by atoms with Crippen LogP contribution in [-0.2, 0) is 0 Å². The Labute approximate surface area is 110 Å². The highest BCUT2D eigenvalue weighted by atomic mass is 19.1. The average Bonchev–Trinajstić information content (AvgIpc) is 2.85. The molecule has 0 spiro atoms. The summed E-state index contributed by atoms with van der Waals surface area (Å²) in [4.78, 5) is 23.6. The minimum Gasteiger partial charge on any atom is -0.360 e. The molecule has 0 radical (unpaired) electrons. The highest BCUT2D eigenvalue weighted by Gasteiger charge is 2.30. The summed E-state index contributed by atoms with van der Waals surface area (Å²) in [5.41, 5.74) is 0.564. The molecule has 0 aliphatic carbocycles. The number of benzene rings is 1. The number of anilines is 1. The summed E-state index contributed by atoms with van der Waals surface area (Å²) in [6.07, 6.45) is 1.52. The molecule has 0 amide bonds. The summed E-state index contributed by atoms with van der Waals surface area (Å²) in [5.74, 6) is -0.224. The summed E-state index contributed by atoms with van der Waals surface area (Å²) in [6, 6.07) is 4.06. The van der Waals surface area contributed by atoms with Crippen molar-refractivity contribution in [3.05, 3.63) is 33.9 Å². The fourth-order valence-corrected chi connectivity index (χ4v) is 2.44. The van der Waals surface area contributed by atoms with E-state index in [1.807, 2.05) is 0 Å². The van der Waals surface area contributed by atoms with Crippen LogP contribution >= 0.6 is 0 Å².